The normalized spacial score (nSPS) is 18.7. The maximum atomic E-state index is 6.01. The number of allylic oxidation sites excluding steroid dienone is 1. The van der Waals surface area contributed by atoms with Gasteiger partial charge in [-0.15, -0.1) is 0 Å². The van der Waals surface area contributed by atoms with Crippen molar-refractivity contribution in [2.75, 3.05) is 13.7 Å². The van der Waals surface area contributed by atoms with Crippen molar-refractivity contribution >= 4 is 0 Å². The van der Waals surface area contributed by atoms with Gasteiger partial charge in [0.05, 0.1) is 7.11 Å². The quantitative estimate of drug-likeness (QED) is 0.814. The molecule has 0 saturated heterocycles. The predicted octanol–water partition coefficient (Wildman–Crippen LogP) is 2.68. The van der Waals surface area contributed by atoms with Crippen molar-refractivity contribution in [3.63, 3.8) is 0 Å². The minimum Gasteiger partial charge on any atom is -0.493 e. The summed E-state index contributed by atoms with van der Waals surface area (Å²) in [4.78, 5) is 0. The van der Waals surface area contributed by atoms with Crippen molar-refractivity contribution in [1.82, 2.24) is 0 Å². The van der Waals surface area contributed by atoms with Gasteiger partial charge < -0.3 is 15.2 Å². The molecule has 0 amide bonds. The number of nitrogens with two attached hydrogens (primary N) is 1. The molecule has 1 aromatic rings. The van der Waals surface area contributed by atoms with Crippen LogP contribution in [0.15, 0.2) is 30.4 Å². The molecule has 18 heavy (non-hydrogen) atoms. The molecule has 0 aliphatic heterocycles. The predicted molar refractivity (Wildman–Crippen MR) is 73.2 cm³/mol. The van der Waals surface area contributed by atoms with E-state index in [1.54, 1.807) is 7.11 Å². The topological polar surface area (TPSA) is 44.5 Å². The molecule has 98 valence electrons. The van der Waals surface area contributed by atoms with Crippen molar-refractivity contribution in [3.05, 3.63) is 35.9 Å². The summed E-state index contributed by atoms with van der Waals surface area (Å²) in [7, 11) is 1.67. The standard InChI is InChI=1S/C15H21NO2/c1-17-14-8-7-12(9-10-16)11-15(14)18-13-5-3-2-4-6-13/h3,5,7-8,11,13H,2,4,6,9-10,16H2,1H3. The van der Waals surface area contributed by atoms with Gasteiger partial charge in [-0.3, -0.25) is 0 Å². The molecule has 0 spiro atoms. The molecule has 0 bridgehead atoms. The highest BCUT2D eigenvalue weighted by Crippen LogP contribution is 2.30. The molecule has 1 aromatic carbocycles. The average molecular weight is 247 g/mol. The highest BCUT2D eigenvalue weighted by atomic mass is 16.5. The van der Waals surface area contributed by atoms with E-state index in [2.05, 4.69) is 12.2 Å². The SMILES string of the molecule is COc1ccc(CCN)cc1OC1C=CCCC1. The maximum absolute atomic E-state index is 6.01. The molecular formula is C15H21NO2. The van der Waals surface area contributed by atoms with E-state index in [4.69, 9.17) is 15.2 Å². The molecule has 0 radical (unpaired) electrons. The van der Waals surface area contributed by atoms with Crippen molar-refractivity contribution in [2.24, 2.45) is 5.73 Å². The van der Waals surface area contributed by atoms with Gasteiger partial charge in [-0.05, 0) is 56.0 Å². The fourth-order valence-corrected chi connectivity index (χ4v) is 2.18. The van der Waals surface area contributed by atoms with Gasteiger partial charge in [0.15, 0.2) is 11.5 Å². The fraction of sp³-hybridized carbons (Fsp3) is 0.467. The lowest BCUT2D eigenvalue weighted by Gasteiger charge is -2.20. The number of methoxy groups -OCH3 is 1. The summed E-state index contributed by atoms with van der Waals surface area (Å²) in [5.41, 5.74) is 6.77. The largest absolute Gasteiger partial charge is 0.493 e. The zero-order valence-corrected chi connectivity index (χ0v) is 10.9. The van der Waals surface area contributed by atoms with E-state index in [9.17, 15) is 0 Å². The second-order valence-electron chi connectivity index (χ2n) is 4.54. The highest BCUT2D eigenvalue weighted by molar-refractivity contribution is 5.43. The first-order chi connectivity index (χ1) is 8.83. The molecule has 1 aliphatic carbocycles. The lowest BCUT2D eigenvalue weighted by atomic mass is 10.1. The van der Waals surface area contributed by atoms with Crippen LogP contribution in [0.1, 0.15) is 24.8 Å². The molecule has 0 fully saturated rings. The minimum atomic E-state index is 0.167. The van der Waals surface area contributed by atoms with E-state index in [1.165, 1.54) is 12.0 Å². The van der Waals surface area contributed by atoms with Crippen LogP contribution in [0.4, 0.5) is 0 Å². The second-order valence-corrected chi connectivity index (χ2v) is 4.54. The first kappa shape index (κ1) is 13.0. The van der Waals surface area contributed by atoms with Gasteiger partial charge in [-0.25, -0.2) is 0 Å². The van der Waals surface area contributed by atoms with Crippen molar-refractivity contribution in [2.45, 2.75) is 31.8 Å². The molecule has 1 aliphatic rings. The molecule has 2 rings (SSSR count). The van der Waals surface area contributed by atoms with E-state index in [1.807, 2.05) is 18.2 Å². The summed E-state index contributed by atoms with van der Waals surface area (Å²) < 4.78 is 11.4. The van der Waals surface area contributed by atoms with Crippen LogP contribution in [0, 0.1) is 0 Å². The fourth-order valence-electron chi connectivity index (χ4n) is 2.18. The van der Waals surface area contributed by atoms with Crippen LogP contribution in [0.3, 0.4) is 0 Å². The molecule has 1 atom stereocenters. The Hall–Kier alpha value is -1.48. The molecular weight excluding hydrogens is 226 g/mol. The Morgan fingerprint density at radius 3 is 2.89 bits per heavy atom. The molecule has 0 heterocycles. The van der Waals surface area contributed by atoms with Gasteiger partial charge in [0.25, 0.3) is 0 Å². The lowest BCUT2D eigenvalue weighted by molar-refractivity contribution is 0.219. The van der Waals surface area contributed by atoms with E-state index in [0.717, 1.165) is 30.8 Å². The zero-order valence-electron chi connectivity index (χ0n) is 10.9. The summed E-state index contributed by atoms with van der Waals surface area (Å²) in [6.07, 6.45) is 8.77. The monoisotopic (exact) mass is 247 g/mol. The van der Waals surface area contributed by atoms with E-state index >= 15 is 0 Å². The molecule has 3 heteroatoms. The summed E-state index contributed by atoms with van der Waals surface area (Å²) in [6.45, 7) is 0.648. The Labute approximate surface area is 109 Å². The van der Waals surface area contributed by atoms with Gasteiger partial charge in [0.1, 0.15) is 6.10 Å². The second kappa shape index (κ2) is 6.45. The maximum Gasteiger partial charge on any atom is 0.162 e. The highest BCUT2D eigenvalue weighted by Gasteiger charge is 2.13. The summed E-state index contributed by atoms with van der Waals surface area (Å²) in [5, 5.41) is 0. The Morgan fingerprint density at radius 1 is 1.33 bits per heavy atom. The first-order valence-corrected chi connectivity index (χ1v) is 6.54. The third kappa shape index (κ3) is 3.26. The summed E-state index contributed by atoms with van der Waals surface area (Å²) >= 11 is 0. The molecule has 0 aromatic heterocycles. The third-order valence-corrected chi connectivity index (χ3v) is 3.15. The Morgan fingerprint density at radius 2 is 2.22 bits per heavy atom. The molecule has 3 nitrogen and oxygen atoms in total. The van der Waals surface area contributed by atoms with E-state index < -0.39 is 0 Å². The number of benzene rings is 1. The minimum absolute atomic E-state index is 0.167. The van der Waals surface area contributed by atoms with Crippen LogP contribution >= 0.6 is 0 Å². The van der Waals surface area contributed by atoms with Crippen LogP contribution in [-0.4, -0.2) is 19.8 Å². The number of hydrogen-bond donors (Lipinski definition) is 1. The summed E-state index contributed by atoms with van der Waals surface area (Å²) in [5.74, 6) is 1.61. The molecule has 0 saturated carbocycles. The van der Waals surface area contributed by atoms with Gasteiger partial charge in [0.2, 0.25) is 0 Å². The van der Waals surface area contributed by atoms with Crippen LogP contribution in [0.5, 0.6) is 11.5 Å². The van der Waals surface area contributed by atoms with Crippen LogP contribution in [-0.2, 0) is 6.42 Å². The van der Waals surface area contributed by atoms with Gasteiger partial charge in [0, 0.05) is 0 Å². The smallest absolute Gasteiger partial charge is 0.162 e. The number of ether oxygens (including phenoxy) is 2. The van der Waals surface area contributed by atoms with Crippen molar-refractivity contribution in [1.29, 1.82) is 0 Å². The number of rotatable bonds is 5. The average Bonchev–Trinajstić information content (AvgIpc) is 2.41. The molecule has 1 unspecified atom stereocenters. The van der Waals surface area contributed by atoms with Crippen LogP contribution in [0.25, 0.3) is 0 Å². The van der Waals surface area contributed by atoms with Gasteiger partial charge in [-0.1, -0.05) is 12.1 Å². The van der Waals surface area contributed by atoms with Gasteiger partial charge >= 0.3 is 0 Å². The van der Waals surface area contributed by atoms with Crippen molar-refractivity contribution in [3.8, 4) is 11.5 Å². The van der Waals surface area contributed by atoms with E-state index in [-0.39, 0.29) is 6.10 Å². The Bertz CT molecular complexity index is 415. The molecule has 2 N–H and O–H groups in total. The van der Waals surface area contributed by atoms with Crippen LogP contribution < -0.4 is 15.2 Å². The summed E-state index contributed by atoms with van der Waals surface area (Å²) in [6, 6.07) is 6.02. The lowest BCUT2D eigenvalue weighted by Crippen LogP contribution is -2.16. The van der Waals surface area contributed by atoms with Crippen molar-refractivity contribution < 1.29 is 9.47 Å². The Kier molecular flexibility index (Phi) is 4.65. The Balaban J connectivity index is 2.15. The van der Waals surface area contributed by atoms with E-state index in [0.29, 0.717) is 6.54 Å². The third-order valence-electron chi connectivity index (χ3n) is 3.15. The first-order valence-electron chi connectivity index (χ1n) is 6.54. The van der Waals surface area contributed by atoms with Gasteiger partial charge in [-0.2, -0.15) is 0 Å². The zero-order chi connectivity index (χ0) is 12.8. The number of hydrogen-bond acceptors (Lipinski definition) is 3. The van der Waals surface area contributed by atoms with Crippen LogP contribution in [0.2, 0.25) is 0 Å².